The molecule has 0 aromatic heterocycles. The number of carbonyl (C=O) groups is 2. The van der Waals surface area contributed by atoms with Gasteiger partial charge in [0.1, 0.15) is 5.75 Å². The molecule has 2 amide bonds. The minimum atomic E-state index is -0.201. The highest BCUT2D eigenvalue weighted by Crippen LogP contribution is 2.10. The first kappa shape index (κ1) is 20.2. The van der Waals surface area contributed by atoms with Crippen molar-refractivity contribution in [2.75, 3.05) is 27.2 Å². The molecule has 0 saturated carbocycles. The number of nitrogens with one attached hydrogen (secondary N) is 3. The van der Waals surface area contributed by atoms with E-state index in [1.54, 1.807) is 7.11 Å². The largest absolute Gasteiger partial charge is 0.497 e. The summed E-state index contributed by atoms with van der Waals surface area (Å²) < 4.78 is 5.06. The third-order valence-electron chi connectivity index (χ3n) is 2.93. The number of hydrogen-bond acceptors (Lipinski definition) is 4. The maximum atomic E-state index is 11.6. The van der Waals surface area contributed by atoms with Crippen molar-refractivity contribution in [1.29, 1.82) is 0 Å². The Labute approximate surface area is 137 Å². The van der Waals surface area contributed by atoms with Crippen molar-refractivity contribution in [1.82, 2.24) is 16.0 Å². The maximum absolute atomic E-state index is 11.6. The summed E-state index contributed by atoms with van der Waals surface area (Å²) in [5, 5.41) is 8.32. The Kier molecular flexibility index (Phi) is 10.9. The number of carbonyl (C=O) groups excluding carboxylic acids is 2. The summed E-state index contributed by atoms with van der Waals surface area (Å²) in [7, 11) is 3.44. The van der Waals surface area contributed by atoms with Crippen LogP contribution in [0.4, 0.5) is 0 Å². The van der Waals surface area contributed by atoms with Gasteiger partial charge in [-0.15, -0.1) is 12.4 Å². The third kappa shape index (κ3) is 8.49. The average molecular weight is 330 g/mol. The minimum absolute atomic E-state index is 0. The molecule has 1 aromatic carbocycles. The van der Waals surface area contributed by atoms with Crippen LogP contribution in [0.5, 0.6) is 5.75 Å². The molecule has 0 fully saturated rings. The zero-order valence-corrected chi connectivity index (χ0v) is 13.8. The van der Waals surface area contributed by atoms with Gasteiger partial charge in [0.05, 0.1) is 13.7 Å². The van der Waals surface area contributed by atoms with Crippen LogP contribution in [0.25, 0.3) is 0 Å². The van der Waals surface area contributed by atoms with E-state index in [-0.39, 0.29) is 30.8 Å². The normalized spacial score (nSPS) is 9.55. The molecule has 0 aliphatic heterocycles. The van der Waals surface area contributed by atoms with Crippen LogP contribution in [-0.2, 0) is 16.1 Å². The lowest BCUT2D eigenvalue weighted by atomic mass is 10.2. The van der Waals surface area contributed by atoms with E-state index in [0.717, 1.165) is 24.3 Å². The van der Waals surface area contributed by atoms with Crippen molar-refractivity contribution in [3.63, 3.8) is 0 Å². The molecule has 1 rings (SSSR count). The van der Waals surface area contributed by atoms with Crippen LogP contribution in [-0.4, -0.2) is 39.1 Å². The summed E-state index contributed by atoms with van der Waals surface area (Å²) in [4.78, 5) is 23.0. The van der Waals surface area contributed by atoms with E-state index in [1.165, 1.54) is 0 Å². The number of methoxy groups -OCH3 is 1. The van der Waals surface area contributed by atoms with Crippen LogP contribution < -0.4 is 20.7 Å². The van der Waals surface area contributed by atoms with Gasteiger partial charge < -0.3 is 20.7 Å². The van der Waals surface area contributed by atoms with Gasteiger partial charge in [0.15, 0.2) is 0 Å². The van der Waals surface area contributed by atoms with Crippen molar-refractivity contribution in [2.24, 2.45) is 0 Å². The summed E-state index contributed by atoms with van der Waals surface area (Å²) in [6, 6.07) is 7.45. The van der Waals surface area contributed by atoms with Crippen molar-refractivity contribution < 1.29 is 14.3 Å². The van der Waals surface area contributed by atoms with E-state index in [4.69, 9.17) is 4.74 Å². The molecule has 0 spiro atoms. The highest BCUT2D eigenvalue weighted by Gasteiger charge is 2.05. The van der Waals surface area contributed by atoms with Crippen molar-refractivity contribution in [3.8, 4) is 5.75 Å². The van der Waals surface area contributed by atoms with E-state index in [2.05, 4.69) is 16.0 Å². The summed E-state index contributed by atoms with van der Waals surface area (Å²) in [5.41, 5.74) is 0.976. The number of amides is 2. The second-order valence-electron chi connectivity index (χ2n) is 4.61. The second-order valence-corrected chi connectivity index (χ2v) is 4.61. The Morgan fingerprint density at radius 1 is 1.09 bits per heavy atom. The molecule has 7 heteroatoms. The highest BCUT2D eigenvalue weighted by atomic mass is 35.5. The van der Waals surface area contributed by atoms with Crippen molar-refractivity contribution in [3.05, 3.63) is 29.8 Å². The molecule has 0 saturated heterocycles. The molecule has 124 valence electrons. The van der Waals surface area contributed by atoms with Crippen LogP contribution in [0, 0.1) is 0 Å². The number of benzene rings is 1. The zero-order chi connectivity index (χ0) is 15.5. The lowest BCUT2D eigenvalue weighted by Gasteiger charge is -2.07. The Hall–Kier alpha value is -1.79. The molecule has 1 aromatic rings. The highest BCUT2D eigenvalue weighted by molar-refractivity contribution is 5.85. The van der Waals surface area contributed by atoms with Gasteiger partial charge in [0, 0.05) is 13.0 Å². The first-order chi connectivity index (χ1) is 10.2. The van der Waals surface area contributed by atoms with Gasteiger partial charge in [-0.05, 0) is 37.7 Å². The molecular weight excluding hydrogens is 306 g/mol. The van der Waals surface area contributed by atoms with Gasteiger partial charge in [-0.3, -0.25) is 9.59 Å². The van der Waals surface area contributed by atoms with Gasteiger partial charge in [0.25, 0.3) is 0 Å². The molecule has 0 atom stereocenters. The number of halogens is 1. The lowest BCUT2D eigenvalue weighted by molar-refractivity contribution is -0.126. The molecular formula is C15H24ClN3O3. The minimum Gasteiger partial charge on any atom is -0.497 e. The fourth-order valence-corrected chi connectivity index (χ4v) is 1.70. The average Bonchev–Trinajstić information content (AvgIpc) is 2.51. The number of hydrogen-bond donors (Lipinski definition) is 3. The Morgan fingerprint density at radius 3 is 2.36 bits per heavy atom. The monoisotopic (exact) mass is 329 g/mol. The molecule has 6 nitrogen and oxygen atoms in total. The van der Waals surface area contributed by atoms with Crippen molar-refractivity contribution in [2.45, 2.75) is 19.4 Å². The smallest absolute Gasteiger partial charge is 0.239 e. The van der Waals surface area contributed by atoms with E-state index in [0.29, 0.717) is 13.0 Å². The van der Waals surface area contributed by atoms with Gasteiger partial charge in [-0.2, -0.15) is 0 Å². The lowest BCUT2D eigenvalue weighted by Crippen LogP contribution is -2.36. The first-order valence-corrected chi connectivity index (χ1v) is 6.96. The molecule has 0 unspecified atom stereocenters. The topological polar surface area (TPSA) is 79.5 Å². The predicted molar refractivity (Wildman–Crippen MR) is 88.3 cm³/mol. The molecule has 0 aliphatic rings. The number of rotatable bonds is 9. The number of ether oxygens (including phenoxy) is 1. The van der Waals surface area contributed by atoms with Gasteiger partial charge in [0.2, 0.25) is 11.8 Å². The second kappa shape index (κ2) is 11.8. The van der Waals surface area contributed by atoms with E-state index < -0.39 is 0 Å². The SMILES string of the molecule is CNCCCC(=O)NCC(=O)NCc1ccc(OC)cc1.Cl. The molecule has 0 heterocycles. The third-order valence-corrected chi connectivity index (χ3v) is 2.93. The molecule has 0 bridgehead atoms. The summed E-state index contributed by atoms with van der Waals surface area (Å²) in [5.74, 6) is 0.469. The molecule has 22 heavy (non-hydrogen) atoms. The van der Waals surface area contributed by atoms with E-state index in [9.17, 15) is 9.59 Å². The summed E-state index contributed by atoms with van der Waals surface area (Å²) in [6.07, 6.45) is 1.18. The Balaban J connectivity index is 0.00000441. The Morgan fingerprint density at radius 2 is 1.77 bits per heavy atom. The van der Waals surface area contributed by atoms with Crippen LogP contribution in [0.3, 0.4) is 0 Å². The van der Waals surface area contributed by atoms with Crippen molar-refractivity contribution >= 4 is 24.2 Å². The molecule has 3 N–H and O–H groups in total. The van der Waals surface area contributed by atoms with Gasteiger partial charge in [-0.1, -0.05) is 12.1 Å². The zero-order valence-electron chi connectivity index (χ0n) is 13.0. The quantitative estimate of drug-likeness (QED) is 0.587. The van der Waals surface area contributed by atoms with Gasteiger partial charge >= 0.3 is 0 Å². The summed E-state index contributed by atoms with van der Waals surface area (Å²) in [6.45, 7) is 1.23. The van der Waals surface area contributed by atoms with Crippen LogP contribution in [0.15, 0.2) is 24.3 Å². The van der Waals surface area contributed by atoms with E-state index in [1.807, 2.05) is 31.3 Å². The van der Waals surface area contributed by atoms with Crippen LogP contribution in [0.1, 0.15) is 18.4 Å². The predicted octanol–water partition coefficient (Wildman–Crippen LogP) is 0.849. The van der Waals surface area contributed by atoms with E-state index >= 15 is 0 Å². The fraction of sp³-hybridized carbons (Fsp3) is 0.467. The standard InChI is InChI=1S/C15H23N3O3.ClH/c1-16-9-3-4-14(19)18-11-15(20)17-10-12-5-7-13(21-2)8-6-12;/h5-8,16H,3-4,9-11H2,1-2H3,(H,17,20)(H,18,19);1H. The van der Waals surface area contributed by atoms with Gasteiger partial charge in [-0.25, -0.2) is 0 Å². The van der Waals surface area contributed by atoms with Crippen LogP contribution in [0.2, 0.25) is 0 Å². The molecule has 0 radical (unpaired) electrons. The summed E-state index contributed by atoms with van der Waals surface area (Å²) >= 11 is 0. The maximum Gasteiger partial charge on any atom is 0.239 e. The fourth-order valence-electron chi connectivity index (χ4n) is 1.70. The first-order valence-electron chi connectivity index (χ1n) is 6.96. The van der Waals surface area contributed by atoms with Crippen LogP contribution >= 0.6 is 12.4 Å². The molecule has 0 aliphatic carbocycles. The Bertz CT molecular complexity index is 452.